The first-order valence-electron chi connectivity index (χ1n) is 5.20. The fourth-order valence-corrected chi connectivity index (χ4v) is 3.91. The third-order valence-corrected chi connectivity index (χ3v) is 5.62. The van der Waals surface area contributed by atoms with Crippen LogP contribution in [0.25, 0.3) is 0 Å². The van der Waals surface area contributed by atoms with Gasteiger partial charge in [0.2, 0.25) is 0 Å². The van der Waals surface area contributed by atoms with Crippen LogP contribution in [0.15, 0.2) is 0 Å². The number of hydrogen-bond donors (Lipinski definition) is 2. The van der Waals surface area contributed by atoms with Gasteiger partial charge in [0.05, 0.1) is 0 Å². The van der Waals surface area contributed by atoms with Crippen molar-refractivity contribution >= 4 is 34.1 Å². The molecule has 6 heteroatoms. The summed E-state index contributed by atoms with van der Waals surface area (Å²) in [6, 6.07) is 0.838. The third-order valence-electron chi connectivity index (χ3n) is 2.14. The van der Waals surface area contributed by atoms with Crippen molar-refractivity contribution in [3.8, 4) is 0 Å². The highest BCUT2D eigenvalue weighted by Gasteiger charge is 2.37. The predicted molar refractivity (Wildman–Crippen MR) is 72.1 cm³/mol. The number of rotatable bonds is 10. The van der Waals surface area contributed by atoms with E-state index in [1.54, 1.807) is 14.2 Å². The standard InChI is InChI=1S/C9H22O3S2Si/c1-10-15(11-2,9-5-8-14)12-6-3-4-7-13/h13-14H,3-9H2,1-2H3. The molecule has 0 aliphatic carbocycles. The largest absolute Gasteiger partial charge is 0.500 e. The lowest BCUT2D eigenvalue weighted by molar-refractivity contribution is 0.0968. The zero-order valence-corrected chi connectivity index (χ0v) is 12.4. The van der Waals surface area contributed by atoms with E-state index in [1.165, 1.54) is 0 Å². The molecule has 15 heavy (non-hydrogen) atoms. The van der Waals surface area contributed by atoms with Crippen LogP contribution in [0.1, 0.15) is 19.3 Å². The summed E-state index contributed by atoms with van der Waals surface area (Å²) in [7, 11) is 0.931. The Kier molecular flexibility index (Phi) is 10.5. The average molecular weight is 270 g/mol. The molecule has 0 aromatic carbocycles. The lowest BCUT2D eigenvalue weighted by atomic mass is 10.4. The maximum absolute atomic E-state index is 5.76. The van der Waals surface area contributed by atoms with Gasteiger partial charge in [-0.05, 0) is 30.8 Å². The van der Waals surface area contributed by atoms with Crippen LogP contribution in [0.3, 0.4) is 0 Å². The topological polar surface area (TPSA) is 27.7 Å². The molecule has 0 aromatic heterocycles. The molecule has 0 aromatic rings. The Labute approximate surface area is 105 Å². The first-order valence-corrected chi connectivity index (χ1v) is 8.40. The molecule has 0 N–H and O–H groups in total. The molecule has 0 rings (SSSR count). The highest BCUT2D eigenvalue weighted by Crippen LogP contribution is 2.17. The van der Waals surface area contributed by atoms with Crippen LogP contribution in [0, 0.1) is 0 Å². The monoisotopic (exact) mass is 270 g/mol. The van der Waals surface area contributed by atoms with E-state index in [2.05, 4.69) is 25.3 Å². The van der Waals surface area contributed by atoms with Gasteiger partial charge in [-0.2, -0.15) is 25.3 Å². The van der Waals surface area contributed by atoms with E-state index in [9.17, 15) is 0 Å². The van der Waals surface area contributed by atoms with Crippen LogP contribution in [0.2, 0.25) is 6.04 Å². The normalized spacial score (nSPS) is 12.0. The van der Waals surface area contributed by atoms with E-state index >= 15 is 0 Å². The SMILES string of the molecule is CO[Si](CCCS)(OC)OCCCCS. The number of unbranched alkanes of at least 4 members (excludes halogenated alkanes) is 1. The van der Waals surface area contributed by atoms with E-state index in [0.717, 1.165) is 36.8 Å². The fraction of sp³-hybridized carbons (Fsp3) is 1.00. The molecule has 0 atom stereocenters. The van der Waals surface area contributed by atoms with Gasteiger partial charge in [-0.25, -0.2) is 0 Å². The van der Waals surface area contributed by atoms with E-state index in [-0.39, 0.29) is 0 Å². The van der Waals surface area contributed by atoms with Gasteiger partial charge < -0.3 is 13.3 Å². The minimum atomic E-state index is -2.39. The number of thiol groups is 2. The number of hydrogen-bond acceptors (Lipinski definition) is 5. The van der Waals surface area contributed by atoms with Crippen LogP contribution in [0.4, 0.5) is 0 Å². The molecule has 0 radical (unpaired) electrons. The van der Waals surface area contributed by atoms with Crippen molar-refractivity contribution in [3.05, 3.63) is 0 Å². The van der Waals surface area contributed by atoms with Crippen molar-refractivity contribution in [2.45, 2.75) is 25.3 Å². The van der Waals surface area contributed by atoms with Crippen molar-refractivity contribution in [3.63, 3.8) is 0 Å². The second-order valence-electron chi connectivity index (χ2n) is 3.20. The van der Waals surface area contributed by atoms with Crippen LogP contribution in [-0.2, 0) is 13.3 Å². The summed E-state index contributed by atoms with van der Waals surface area (Å²) in [6.07, 6.45) is 3.03. The molecule has 0 heterocycles. The van der Waals surface area contributed by atoms with Crippen molar-refractivity contribution < 1.29 is 13.3 Å². The molecule has 0 saturated carbocycles. The summed E-state index contributed by atoms with van der Waals surface area (Å²) in [4.78, 5) is 0. The average Bonchev–Trinajstić information content (AvgIpc) is 2.29. The molecule has 0 unspecified atom stereocenters. The van der Waals surface area contributed by atoms with Gasteiger partial charge in [0.25, 0.3) is 0 Å². The summed E-state index contributed by atoms with van der Waals surface area (Å²) in [5.41, 5.74) is 0. The molecular formula is C9H22O3S2Si. The molecule has 0 saturated heterocycles. The van der Waals surface area contributed by atoms with Gasteiger partial charge in [-0.1, -0.05) is 0 Å². The van der Waals surface area contributed by atoms with Crippen molar-refractivity contribution in [1.29, 1.82) is 0 Å². The molecule has 92 valence electrons. The maximum atomic E-state index is 5.76. The molecule has 0 amide bonds. The Morgan fingerprint density at radius 2 is 1.53 bits per heavy atom. The highest BCUT2D eigenvalue weighted by atomic mass is 32.1. The van der Waals surface area contributed by atoms with Gasteiger partial charge in [-0.3, -0.25) is 0 Å². The van der Waals surface area contributed by atoms with E-state index < -0.39 is 8.80 Å². The zero-order valence-electron chi connectivity index (χ0n) is 9.57. The molecule has 0 spiro atoms. The second kappa shape index (κ2) is 9.98. The maximum Gasteiger partial charge on any atom is 0.500 e. The first-order chi connectivity index (χ1) is 7.24. The van der Waals surface area contributed by atoms with Crippen LogP contribution >= 0.6 is 25.3 Å². The van der Waals surface area contributed by atoms with Crippen molar-refractivity contribution in [1.82, 2.24) is 0 Å². The Bertz CT molecular complexity index is 145. The summed E-state index contributed by atoms with van der Waals surface area (Å²) < 4.78 is 16.6. The van der Waals surface area contributed by atoms with Crippen molar-refractivity contribution in [2.75, 3.05) is 32.3 Å². The lowest BCUT2D eigenvalue weighted by Gasteiger charge is -2.26. The van der Waals surface area contributed by atoms with Gasteiger partial charge in [0.1, 0.15) is 0 Å². The van der Waals surface area contributed by atoms with Gasteiger partial charge in [-0.15, -0.1) is 0 Å². The Morgan fingerprint density at radius 1 is 0.933 bits per heavy atom. The van der Waals surface area contributed by atoms with Crippen LogP contribution < -0.4 is 0 Å². The van der Waals surface area contributed by atoms with Crippen molar-refractivity contribution in [2.24, 2.45) is 0 Å². The Morgan fingerprint density at radius 3 is 2.00 bits per heavy atom. The van der Waals surface area contributed by atoms with Crippen LogP contribution in [-0.4, -0.2) is 41.1 Å². The van der Waals surface area contributed by atoms with E-state index in [0.29, 0.717) is 6.61 Å². The van der Waals surface area contributed by atoms with E-state index in [1.807, 2.05) is 0 Å². The molecule has 0 bridgehead atoms. The molecule has 0 aliphatic heterocycles. The predicted octanol–water partition coefficient (Wildman–Crippen LogP) is 2.26. The second-order valence-corrected chi connectivity index (χ2v) is 7.06. The first kappa shape index (κ1) is 15.8. The lowest BCUT2D eigenvalue weighted by Crippen LogP contribution is -2.44. The summed E-state index contributed by atoms with van der Waals surface area (Å²) >= 11 is 8.33. The molecule has 0 fully saturated rings. The van der Waals surface area contributed by atoms with Gasteiger partial charge >= 0.3 is 8.80 Å². The quantitative estimate of drug-likeness (QED) is 0.362. The smallest absolute Gasteiger partial charge is 0.377 e. The summed E-state index contributed by atoms with van der Waals surface area (Å²) in [5, 5.41) is 0. The molecule has 3 nitrogen and oxygen atoms in total. The summed E-state index contributed by atoms with van der Waals surface area (Å²) in [5.74, 6) is 1.73. The minimum absolute atomic E-state index is 0.695. The molecule has 0 aliphatic rings. The zero-order chi connectivity index (χ0) is 11.6. The van der Waals surface area contributed by atoms with Gasteiger partial charge in [0, 0.05) is 26.9 Å². The highest BCUT2D eigenvalue weighted by molar-refractivity contribution is 7.80. The third kappa shape index (κ3) is 6.86. The van der Waals surface area contributed by atoms with E-state index in [4.69, 9.17) is 13.3 Å². The van der Waals surface area contributed by atoms with Gasteiger partial charge in [0.15, 0.2) is 0 Å². The van der Waals surface area contributed by atoms with Crippen LogP contribution in [0.5, 0.6) is 0 Å². The minimum Gasteiger partial charge on any atom is -0.377 e. The fourth-order valence-electron chi connectivity index (χ4n) is 1.21. The summed E-state index contributed by atoms with van der Waals surface area (Å²) in [6.45, 7) is 0.695. The molecular weight excluding hydrogens is 248 g/mol. The Hall–Kier alpha value is 0.797. The Balaban J connectivity index is 3.88.